The third kappa shape index (κ3) is 3.62. The molecule has 0 aromatic carbocycles. The average Bonchev–Trinajstić information content (AvgIpc) is 2.58. The maximum atomic E-state index is 6.65. The fraction of sp³-hybridized carbons (Fsp3) is 0.714. The van der Waals surface area contributed by atoms with Crippen LogP contribution < -0.4 is 0 Å². The minimum Gasteiger partial charge on any atom is -0.127 e. The normalized spacial score (nSPS) is 20.9. The van der Waals surface area contributed by atoms with Crippen molar-refractivity contribution in [3.8, 4) is 0 Å². The third-order valence-corrected chi connectivity index (χ3v) is 6.07. The van der Waals surface area contributed by atoms with Gasteiger partial charge in [0.2, 0.25) is 0 Å². The van der Waals surface area contributed by atoms with Crippen LogP contribution in [0.2, 0.25) is 4.34 Å². The van der Waals surface area contributed by atoms with Gasteiger partial charge in [-0.15, -0.1) is 22.9 Å². The number of hydrogen-bond acceptors (Lipinski definition) is 1. The zero-order valence-corrected chi connectivity index (χ0v) is 12.7. The van der Waals surface area contributed by atoms with Crippen molar-refractivity contribution in [2.24, 2.45) is 5.92 Å². The van der Waals surface area contributed by atoms with E-state index in [0.717, 1.165) is 4.34 Å². The molecule has 1 atom stereocenters. The van der Waals surface area contributed by atoms with Crippen LogP contribution in [0.1, 0.15) is 60.8 Å². The zero-order chi connectivity index (χ0) is 12.3. The molecular weight excluding hydrogens is 271 g/mol. The highest BCUT2D eigenvalue weighted by molar-refractivity contribution is 7.16. The van der Waals surface area contributed by atoms with Crippen molar-refractivity contribution >= 4 is 34.5 Å². The maximum absolute atomic E-state index is 6.65. The van der Waals surface area contributed by atoms with E-state index in [1.54, 1.807) is 11.3 Å². The van der Waals surface area contributed by atoms with Gasteiger partial charge >= 0.3 is 0 Å². The van der Waals surface area contributed by atoms with Crippen molar-refractivity contribution in [3.63, 3.8) is 0 Å². The molecule has 0 N–H and O–H groups in total. The molecule has 0 bridgehead atoms. The zero-order valence-electron chi connectivity index (χ0n) is 10.3. The fourth-order valence-electron chi connectivity index (χ4n) is 2.63. The minimum absolute atomic E-state index is 0.171. The van der Waals surface area contributed by atoms with Gasteiger partial charge in [0, 0.05) is 4.88 Å². The smallest absolute Gasteiger partial charge is 0.0960 e. The summed E-state index contributed by atoms with van der Waals surface area (Å²) < 4.78 is 0.900. The largest absolute Gasteiger partial charge is 0.127 e. The summed E-state index contributed by atoms with van der Waals surface area (Å²) in [6, 6.07) is 2.17. The number of thiophene rings is 1. The van der Waals surface area contributed by atoms with Gasteiger partial charge in [0.25, 0.3) is 0 Å². The van der Waals surface area contributed by atoms with Crippen molar-refractivity contribution in [1.82, 2.24) is 0 Å². The van der Waals surface area contributed by atoms with Gasteiger partial charge in [-0.2, -0.15) is 0 Å². The number of halogens is 2. The number of alkyl halides is 1. The van der Waals surface area contributed by atoms with Crippen molar-refractivity contribution in [1.29, 1.82) is 0 Å². The number of hydrogen-bond donors (Lipinski definition) is 0. The summed E-state index contributed by atoms with van der Waals surface area (Å²) >= 11 is 14.4. The Morgan fingerprint density at radius 2 is 1.76 bits per heavy atom. The van der Waals surface area contributed by atoms with Crippen molar-refractivity contribution in [3.05, 3.63) is 20.8 Å². The molecule has 1 aromatic heterocycles. The molecule has 1 aliphatic carbocycles. The topological polar surface area (TPSA) is 0 Å². The van der Waals surface area contributed by atoms with E-state index in [0.29, 0.717) is 5.92 Å². The molecule has 0 saturated heterocycles. The Morgan fingerprint density at radius 3 is 2.29 bits per heavy atom. The van der Waals surface area contributed by atoms with Gasteiger partial charge in [0.1, 0.15) is 0 Å². The Morgan fingerprint density at radius 1 is 1.18 bits per heavy atom. The third-order valence-electron chi connectivity index (χ3n) is 3.71. The lowest BCUT2D eigenvalue weighted by Crippen LogP contribution is -2.09. The molecule has 0 aliphatic heterocycles. The Labute approximate surface area is 118 Å². The minimum atomic E-state index is 0.171. The summed E-state index contributed by atoms with van der Waals surface area (Å²) in [5.41, 5.74) is 1.17. The van der Waals surface area contributed by atoms with Crippen molar-refractivity contribution in [2.45, 2.75) is 57.2 Å². The molecule has 1 saturated carbocycles. The molecule has 0 amide bonds. The van der Waals surface area contributed by atoms with Crippen LogP contribution in [-0.4, -0.2) is 0 Å². The maximum Gasteiger partial charge on any atom is 0.0960 e. The Hall–Kier alpha value is 0.280. The summed E-state index contributed by atoms with van der Waals surface area (Å²) in [5.74, 6) is 0.645. The first-order valence-electron chi connectivity index (χ1n) is 6.58. The van der Waals surface area contributed by atoms with Gasteiger partial charge < -0.3 is 0 Å². The van der Waals surface area contributed by atoms with E-state index in [-0.39, 0.29) is 5.38 Å². The first kappa shape index (κ1) is 13.7. The monoisotopic (exact) mass is 290 g/mol. The van der Waals surface area contributed by atoms with Crippen molar-refractivity contribution < 1.29 is 0 Å². The Balaban J connectivity index is 2.04. The molecule has 3 heteroatoms. The number of rotatable bonds is 2. The molecule has 1 aliphatic rings. The second-order valence-electron chi connectivity index (χ2n) is 5.11. The highest BCUT2D eigenvalue weighted by Crippen LogP contribution is 2.42. The first-order chi connectivity index (χ1) is 8.18. The van der Waals surface area contributed by atoms with Gasteiger partial charge in [-0.3, -0.25) is 0 Å². The lowest BCUT2D eigenvalue weighted by atomic mass is 9.88. The molecule has 0 nitrogen and oxygen atoms in total. The molecule has 0 radical (unpaired) electrons. The fourth-order valence-corrected chi connectivity index (χ4v) is 4.37. The predicted octanol–water partition coefficient (Wildman–Crippen LogP) is 6.35. The molecule has 1 heterocycles. The molecule has 1 unspecified atom stereocenters. The molecule has 2 rings (SSSR count). The van der Waals surface area contributed by atoms with Crippen LogP contribution in [0.25, 0.3) is 0 Å². The van der Waals surface area contributed by atoms with E-state index in [1.807, 2.05) is 0 Å². The molecule has 17 heavy (non-hydrogen) atoms. The first-order valence-corrected chi connectivity index (χ1v) is 8.21. The van der Waals surface area contributed by atoms with Gasteiger partial charge in [0.15, 0.2) is 0 Å². The van der Waals surface area contributed by atoms with Crippen LogP contribution >= 0.6 is 34.5 Å². The summed E-state index contributed by atoms with van der Waals surface area (Å²) in [7, 11) is 0. The van der Waals surface area contributed by atoms with Crippen LogP contribution in [-0.2, 0) is 0 Å². The standard InChI is InChI=1S/C14H20Cl2S/c1-10-9-12(17-14(10)16)13(15)11-7-5-3-2-4-6-8-11/h9,11,13H,2-8H2,1H3. The van der Waals surface area contributed by atoms with Crippen LogP contribution in [0.3, 0.4) is 0 Å². The van der Waals surface area contributed by atoms with Gasteiger partial charge in [0.05, 0.1) is 9.71 Å². The lowest BCUT2D eigenvalue weighted by Gasteiger charge is -2.23. The van der Waals surface area contributed by atoms with E-state index in [1.165, 1.54) is 55.4 Å². The lowest BCUT2D eigenvalue weighted by molar-refractivity contribution is 0.370. The van der Waals surface area contributed by atoms with Crippen LogP contribution in [0.15, 0.2) is 6.07 Å². The van der Waals surface area contributed by atoms with E-state index in [4.69, 9.17) is 23.2 Å². The van der Waals surface area contributed by atoms with Crippen molar-refractivity contribution in [2.75, 3.05) is 0 Å². The predicted molar refractivity (Wildman–Crippen MR) is 78.5 cm³/mol. The van der Waals surface area contributed by atoms with Crippen LogP contribution in [0, 0.1) is 12.8 Å². The van der Waals surface area contributed by atoms with E-state index >= 15 is 0 Å². The molecule has 0 spiro atoms. The molecular formula is C14H20Cl2S. The summed E-state index contributed by atoms with van der Waals surface area (Å²) in [4.78, 5) is 1.26. The van der Waals surface area contributed by atoms with Gasteiger partial charge in [-0.1, -0.05) is 43.7 Å². The second kappa shape index (κ2) is 6.45. The number of aryl methyl sites for hydroxylation is 1. The average molecular weight is 291 g/mol. The van der Waals surface area contributed by atoms with Crippen LogP contribution in [0.5, 0.6) is 0 Å². The summed E-state index contributed by atoms with van der Waals surface area (Å²) in [6.07, 6.45) is 9.40. The SMILES string of the molecule is Cc1cc(C(Cl)C2CCCCCCC2)sc1Cl. The summed E-state index contributed by atoms with van der Waals surface area (Å²) in [5, 5.41) is 0.171. The highest BCUT2D eigenvalue weighted by atomic mass is 35.5. The Kier molecular flexibility index (Phi) is 5.20. The highest BCUT2D eigenvalue weighted by Gasteiger charge is 2.23. The summed E-state index contributed by atoms with van der Waals surface area (Å²) in [6.45, 7) is 2.06. The Bertz CT molecular complexity index is 332. The van der Waals surface area contributed by atoms with E-state index < -0.39 is 0 Å². The van der Waals surface area contributed by atoms with Gasteiger partial charge in [-0.05, 0) is 37.3 Å². The molecule has 1 aromatic rings. The van der Waals surface area contributed by atoms with E-state index in [2.05, 4.69) is 13.0 Å². The molecule has 1 fully saturated rings. The van der Waals surface area contributed by atoms with Crippen LogP contribution in [0.4, 0.5) is 0 Å². The molecule has 96 valence electrons. The van der Waals surface area contributed by atoms with Gasteiger partial charge in [-0.25, -0.2) is 0 Å². The quantitative estimate of drug-likeness (QED) is 0.557. The van der Waals surface area contributed by atoms with E-state index in [9.17, 15) is 0 Å². The second-order valence-corrected chi connectivity index (χ2v) is 7.27.